The van der Waals surface area contributed by atoms with E-state index in [2.05, 4.69) is 0 Å². The maximum absolute atomic E-state index is 13.1. The zero-order chi connectivity index (χ0) is 17.9. The van der Waals surface area contributed by atoms with Crippen LogP contribution in [0.25, 0.3) is 5.57 Å². The smallest absolute Gasteiger partial charge is 0.229 e. The van der Waals surface area contributed by atoms with Crippen molar-refractivity contribution in [3.05, 3.63) is 113 Å². The summed E-state index contributed by atoms with van der Waals surface area (Å²) in [6, 6.07) is 25.7. The Labute approximate surface area is 151 Å². The van der Waals surface area contributed by atoms with Gasteiger partial charge in [-0.2, -0.15) is 0 Å². The second-order valence-corrected chi connectivity index (χ2v) is 6.05. The molecule has 3 nitrogen and oxygen atoms in total. The van der Waals surface area contributed by atoms with Gasteiger partial charge in [-0.05, 0) is 11.1 Å². The lowest BCUT2D eigenvalue weighted by molar-refractivity contribution is 0.0879. The van der Waals surface area contributed by atoms with Crippen molar-refractivity contribution in [2.24, 2.45) is 0 Å². The molecule has 0 radical (unpaired) electrons. The Kier molecular flexibility index (Phi) is 4.20. The van der Waals surface area contributed by atoms with Crippen LogP contribution in [-0.4, -0.2) is 11.6 Å². The molecule has 0 bridgehead atoms. The van der Waals surface area contributed by atoms with Gasteiger partial charge in [0.05, 0.1) is 5.57 Å². The Balaban J connectivity index is 1.81. The van der Waals surface area contributed by atoms with E-state index in [1.54, 1.807) is 24.3 Å². The fourth-order valence-corrected chi connectivity index (χ4v) is 3.09. The Morgan fingerprint density at radius 2 is 1.15 bits per heavy atom. The predicted octanol–water partition coefficient (Wildman–Crippen LogP) is 4.69. The number of carbonyl (C=O) groups excluding carboxylic acids is 2. The van der Waals surface area contributed by atoms with Gasteiger partial charge in [0, 0.05) is 11.1 Å². The van der Waals surface area contributed by atoms with E-state index in [1.165, 1.54) is 0 Å². The Morgan fingerprint density at radius 3 is 1.81 bits per heavy atom. The Bertz CT molecular complexity index is 1000. The summed E-state index contributed by atoms with van der Waals surface area (Å²) in [5.74, 6) is -0.326. The monoisotopic (exact) mass is 340 g/mol. The van der Waals surface area contributed by atoms with E-state index in [0.717, 1.165) is 5.56 Å². The molecule has 3 heteroatoms. The van der Waals surface area contributed by atoms with Crippen LogP contribution in [0.2, 0.25) is 0 Å². The van der Waals surface area contributed by atoms with E-state index in [1.807, 2.05) is 60.7 Å². The molecule has 0 saturated heterocycles. The number of carbonyl (C=O) groups is 2. The van der Waals surface area contributed by atoms with E-state index < -0.39 is 0 Å². The lowest BCUT2D eigenvalue weighted by atomic mass is 9.85. The van der Waals surface area contributed by atoms with Gasteiger partial charge in [-0.15, -0.1) is 0 Å². The molecule has 0 amide bonds. The van der Waals surface area contributed by atoms with Crippen molar-refractivity contribution in [3.63, 3.8) is 0 Å². The van der Waals surface area contributed by atoms with Gasteiger partial charge in [0.2, 0.25) is 5.78 Å². The molecular formula is C23H16O3. The largest absolute Gasteiger partial charge is 0.484 e. The molecule has 26 heavy (non-hydrogen) atoms. The highest BCUT2D eigenvalue weighted by Crippen LogP contribution is 2.33. The van der Waals surface area contributed by atoms with E-state index in [4.69, 9.17) is 4.74 Å². The van der Waals surface area contributed by atoms with Crippen LogP contribution in [0.4, 0.5) is 0 Å². The standard InChI is InChI=1S/C23H16O3/c24-21-18-13-7-8-14-19(18)22(25)23(20(21)17-11-5-2-6-12-17)26-15-16-9-3-1-4-10-16/h1-14H,15H2. The van der Waals surface area contributed by atoms with Crippen LogP contribution in [-0.2, 0) is 11.3 Å². The first-order valence-corrected chi connectivity index (χ1v) is 8.40. The number of ether oxygens (including phenoxy) is 1. The highest BCUT2D eigenvalue weighted by atomic mass is 16.5. The second-order valence-electron chi connectivity index (χ2n) is 6.05. The zero-order valence-corrected chi connectivity index (χ0v) is 14.0. The average molecular weight is 340 g/mol. The molecule has 0 aliphatic heterocycles. The summed E-state index contributed by atoms with van der Waals surface area (Å²) in [6.45, 7) is 0.230. The fraction of sp³-hybridized carbons (Fsp3) is 0.0435. The number of hydrogen-bond donors (Lipinski definition) is 0. The summed E-state index contributed by atoms with van der Waals surface area (Å²) < 4.78 is 5.88. The first-order chi connectivity index (χ1) is 12.8. The van der Waals surface area contributed by atoms with Crippen LogP contribution in [0, 0.1) is 0 Å². The number of hydrogen-bond acceptors (Lipinski definition) is 3. The van der Waals surface area contributed by atoms with Crippen molar-refractivity contribution in [2.75, 3.05) is 0 Å². The molecule has 0 aromatic heterocycles. The van der Waals surface area contributed by atoms with E-state index in [0.29, 0.717) is 22.3 Å². The van der Waals surface area contributed by atoms with Crippen LogP contribution < -0.4 is 0 Å². The normalized spacial score (nSPS) is 13.5. The van der Waals surface area contributed by atoms with Crippen molar-refractivity contribution in [1.82, 2.24) is 0 Å². The van der Waals surface area contributed by atoms with Gasteiger partial charge in [0.25, 0.3) is 0 Å². The van der Waals surface area contributed by atoms with Gasteiger partial charge in [-0.3, -0.25) is 9.59 Å². The lowest BCUT2D eigenvalue weighted by Crippen LogP contribution is -2.23. The molecule has 4 rings (SSSR count). The van der Waals surface area contributed by atoms with Crippen LogP contribution in [0.1, 0.15) is 31.8 Å². The molecule has 0 heterocycles. The molecule has 0 fully saturated rings. The number of allylic oxidation sites excluding steroid dienone is 2. The van der Waals surface area contributed by atoms with Crippen LogP contribution >= 0.6 is 0 Å². The minimum atomic E-state index is -0.255. The highest BCUT2D eigenvalue weighted by Gasteiger charge is 2.34. The van der Waals surface area contributed by atoms with E-state index in [-0.39, 0.29) is 23.9 Å². The first-order valence-electron chi connectivity index (χ1n) is 8.40. The maximum atomic E-state index is 13.1. The summed E-state index contributed by atoms with van der Waals surface area (Å²) in [5.41, 5.74) is 2.75. The molecule has 0 N–H and O–H groups in total. The van der Waals surface area contributed by atoms with Crippen molar-refractivity contribution in [2.45, 2.75) is 6.61 Å². The van der Waals surface area contributed by atoms with Gasteiger partial charge in [0.15, 0.2) is 11.5 Å². The minimum absolute atomic E-state index is 0.115. The van der Waals surface area contributed by atoms with E-state index >= 15 is 0 Å². The van der Waals surface area contributed by atoms with Crippen LogP contribution in [0.5, 0.6) is 0 Å². The third-order valence-corrected chi connectivity index (χ3v) is 4.37. The van der Waals surface area contributed by atoms with Crippen molar-refractivity contribution < 1.29 is 14.3 Å². The fourth-order valence-electron chi connectivity index (χ4n) is 3.09. The van der Waals surface area contributed by atoms with Gasteiger partial charge in [0.1, 0.15) is 6.61 Å². The summed E-state index contributed by atoms with van der Waals surface area (Å²) in [4.78, 5) is 26.1. The van der Waals surface area contributed by atoms with E-state index in [9.17, 15) is 9.59 Å². The molecule has 126 valence electrons. The van der Waals surface area contributed by atoms with Gasteiger partial charge in [-0.25, -0.2) is 0 Å². The molecule has 0 saturated carbocycles. The molecule has 1 aliphatic rings. The molecule has 0 spiro atoms. The van der Waals surface area contributed by atoms with Crippen molar-refractivity contribution in [1.29, 1.82) is 0 Å². The number of ketones is 2. The number of benzene rings is 3. The predicted molar refractivity (Wildman–Crippen MR) is 99.7 cm³/mol. The van der Waals surface area contributed by atoms with Crippen LogP contribution in [0.15, 0.2) is 90.7 Å². The summed E-state index contributed by atoms with van der Waals surface area (Å²) >= 11 is 0. The quantitative estimate of drug-likeness (QED) is 0.692. The Morgan fingerprint density at radius 1 is 0.615 bits per heavy atom. The zero-order valence-electron chi connectivity index (χ0n) is 14.0. The van der Waals surface area contributed by atoms with Gasteiger partial charge >= 0.3 is 0 Å². The number of rotatable bonds is 4. The minimum Gasteiger partial charge on any atom is -0.484 e. The lowest BCUT2D eigenvalue weighted by Gasteiger charge is -2.21. The van der Waals surface area contributed by atoms with Gasteiger partial charge in [-0.1, -0.05) is 84.9 Å². The molecule has 3 aromatic carbocycles. The number of Topliss-reactive ketones (excluding diaryl/α,β-unsaturated/α-hetero) is 2. The summed E-state index contributed by atoms with van der Waals surface area (Å²) in [6.07, 6.45) is 0. The first kappa shape index (κ1) is 16.0. The summed E-state index contributed by atoms with van der Waals surface area (Å²) in [5, 5.41) is 0. The average Bonchev–Trinajstić information content (AvgIpc) is 2.71. The topological polar surface area (TPSA) is 43.4 Å². The second kappa shape index (κ2) is 6.81. The third-order valence-electron chi connectivity index (χ3n) is 4.37. The van der Waals surface area contributed by atoms with Crippen LogP contribution in [0.3, 0.4) is 0 Å². The van der Waals surface area contributed by atoms with Gasteiger partial charge < -0.3 is 4.74 Å². The third kappa shape index (κ3) is 2.84. The number of fused-ring (bicyclic) bond motifs is 1. The molecule has 1 aliphatic carbocycles. The summed E-state index contributed by atoms with van der Waals surface area (Å²) in [7, 11) is 0. The molecule has 0 unspecified atom stereocenters. The van der Waals surface area contributed by atoms with Crippen molar-refractivity contribution >= 4 is 17.1 Å². The van der Waals surface area contributed by atoms with Crippen molar-refractivity contribution in [3.8, 4) is 0 Å². The SMILES string of the molecule is O=C1C(OCc2ccccc2)=C(c2ccccc2)C(=O)c2ccccc21. The Hall–Kier alpha value is -3.46. The molecule has 3 aromatic rings. The molecular weight excluding hydrogens is 324 g/mol. The maximum Gasteiger partial charge on any atom is 0.229 e. The molecule has 0 atom stereocenters. The highest BCUT2D eigenvalue weighted by molar-refractivity contribution is 6.40.